The monoisotopic (exact) mass is 285 g/mol. The van der Waals surface area contributed by atoms with Crippen molar-refractivity contribution in [1.82, 2.24) is 4.90 Å². The number of carbonyl (C=O) groups is 1. The molecule has 0 aliphatic carbocycles. The van der Waals surface area contributed by atoms with E-state index in [1.165, 1.54) is 12.8 Å². The molecule has 21 heavy (non-hydrogen) atoms. The number of anilines is 1. The van der Waals surface area contributed by atoms with Crippen molar-refractivity contribution in [2.45, 2.75) is 26.7 Å². The number of nitrogens with one attached hydrogen (secondary N) is 1. The molecule has 1 aliphatic heterocycles. The molecule has 1 fully saturated rings. The maximum Gasteiger partial charge on any atom is 0.238 e. The van der Waals surface area contributed by atoms with Crippen LogP contribution in [0.3, 0.4) is 0 Å². The minimum Gasteiger partial charge on any atom is -0.325 e. The lowest BCUT2D eigenvalue weighted by Crippen LogP contribution is -2.40. The van der Waals surface area contributed by atoms with Crippen LogP contribution in [0, 0.1) is 23.2 Å². The Hall–Kier alpha value is -1.86. The zero-order chi connectivity index (χ0) is 15.2. The van der Waals surface area contributed by atoms with Gasteiger partial charge in [0.15, 0.2) is 0 Å². The van der Waals surface area contributed by atoms with Crippen LogP contribution in [0.25, 0.3) is 0 Å². The normalized spacial score (nSPS) is 16.7. The Labute approximate surface area is 126 Å². The molecule has 0 spiro atoms. The number of likely N-dealkylation sites (tertiary alicyclic amines) is 1. The third-order valence-electron chi connectivity index (χ3n) is 4.24. The first-order chi connectivity index (χ1) is 10.1. The van der Waals surface area contributed by atoms with Crippen LogP contribution < -0.4 is 5.32 Å². The predicted octanol–water partition coefficient (Wildman–Crippen LogP) is 2.86. The summed E-state index contributed by atoms with van der Waals surface area (Å²) >= 11 is 0. The van der Waals surface area contributed by atoms with Gasteiger partial charge < -0.3 is 5.32 Å². The predicted molar refractivity (Wildman–Crippen MR) is 83.8 cm³/mol. The van der Waals surface area contributed by atoms with Gasteiger partial charge in [-0.25, -0.2) is 0 Å². The second-order valence-electron chi connectivity index (χ2n) is 6.09. The average Bonchev–Trinajstić information content (AvgIpc) is 2.48. The smallest absolute Gasteiger partial charge is 0.238 e. The van der Waals surface area contributed by atoms with Crippen LogP contribution in [0.5, 0.6) is 0 Å². The van der Waals surface area contributed by atoms with Crippen LogP contribution in [0.4, 0.5) is 5.69 Å². The first-order valence-corrected chi connectivity index (χ1v) is 7.61. The van der Waals surface area contributed by atoms with Crippen LogP contribution in [0.2, 0.25) is 0 Å². The molecular weight excluding hydrogens is 262 g/mol. The highest BCUT2D eigenvalue weighted by molar-refractivity contribution is 5.92. The Balaban J connectivity index is 1.78. The van der Waals surface area contributed by atoms with Crippen LogP contribution in [0.15, 0.2) is 24.3 Å². The van der Waals surface area contributed by atoms with Crippen molar-refractivity contribution in [3.63, 3.8) is 0 Å². The number of amides is 1. The molecule has 2 rings (SSSR count). The fourth-order valence-corrected chi connectivity index (χ4v) is 2.81. The summed E-state index contributed by atoms with van der Waals surface area (Å²) in [6, 6.07) is 9.02. The molecule has 0 aromatic heterocycles. The maximum atomic E-state index is 12.0. The third kappa shape index (κ3) is 4.57. The van der Waals surface area contributed by atoms with Gasteiger partial charge in [0.1, 0.15) is 0 Å². The first kappa shape index (κ1) is 15.5. The summed E-state index contributed by atoms with van der Waals surface area (Å²) in [5, 5.41) is 11.6. The number of benzene rings is 1. The first-order valence-electron chi connectivity index (χ1n) is 7.61. The van der Waals surface area contributed by atoms with Crippen LogP contribution in [-0.2, 0) is 4.79 Å². The number of rotatable bonds is 4. The molecule has 112 valence electrons. The number of nitrogens with zero attached hydrogens (tertiary/aromatic N) is 2. The molecule has 0 radical (unpaired) electrons. The van der Waals surface area contributed by atoms with E-state index in [1.807, 2.05) is 0 Å². The lowest BCUT2D eigenvalue weighted by molar-refractivity contribution is -0.117. The Morgan fingerprint density at radius 1 is 1.33 bits per heavy atom. The number of carbonyl (C=O) groups excluding carboxylic acids is 1. The van der Waals surface area contributed by atoms with Crippen LogP contribution in [0.1, 0.15) is 32.3 Å². The third-order valence-corrected chi connectivity index (χ3v) is 4.24. The zero-order valence-electron chi connectivity index (χ0n) is 12.8. The summed E-state index contributed by atoms with van der Waals surface area (Å²) < 4.78 is 0. The number of hydrogen-bond donors (Lipinski definition) is 1. The zero-order valence-corrected chi connectivity index (χ0v) is 12.8. The second-order valence-corrected chi connectivity index (χ2v) is 6.09. The molecule has 1 N–H and O–H groups in total. The van der Waals surface area contributed by atoms with Crippen molar-refractivity contribution in [1.29, 1.82) is 5.26 Å². The van der Waals surface area contributed by atoms with E-state index in [-0.39, 0.29) is 5.91 Å². The van der Waals surface area contributed by atoms with Gasteiger partial charge in [0.2, 0.25) is 5.91 Å². The SMILES string of the molecule is CC(C)C1CCN(CC(=O)Nc2ccc(C#N)cc2)CC1. The van der Waals surface area contributed by atoms with E-state index in [4.69, 9.17) is 5.26 Å². The Morgan fingerprint density at radius 2 is 1.95 bits per heavy atom. The van der Waals surface area contributed by atoms with Crippen molar-refractivity contribution in [3.05, 3.63) is 29.8 Å². The van der Waals surface area contributed by atoms with Crippen molar-refractivity contribution in [2.75, 3.05) is 25.0 Å². The number of nitriles is 1. The molecule has 1 amide bonds. The molecule has 1 heterocycles. The lowest BCUT2D eigenvalue weighted by Gasteiger charge is -2.33. The topological polar surface area (TPSA) is 56.1 Å². The van der Waals surface area contributed by atoms with E-state index in [0.29, 0.717) is 12.1 Å². The fourth-order valence-electron chi connectivity index (χ4n) is 2.81. The number of hydrogen-bond acceptors (Lipinski definition) is 3. The highest BCUT2D eigenvalue weighted by Gasteiger charge is 2.22. The van der Waals surface area contributed by atoms with Gasteiger partial charge in [-0.2, -0.15) is 5.26 Å². The van der Waals surface area contributed by atoms with E-state index in [9.17, 15) is 4.79 Å². The van der Waals surface area contributed by atoms with Gasteiger partial charge in [0, 0.05) is 5.69 Å². The minimum absolute atomic E-state index is 0.0164. The van der Waals surface area contributed by atoms with Crippen LogP contribution >= 0.6 is 0 Å². The largest absolute Gasteiger partial charge is 0.325 e. The molecule has 1 aromatic rings. The van der Waals surface area contributed by atoms with E-state index >= 15 is 0 Å². The van der Waals surface area contributed by atoms with Gasteiger partial charge in [0.05, 0.1) is 18.2 Å². The summed E-state index contributed by atoms with van der Waals surface area (Å²) in [4.78, 5) is 14.3. The second kappa shape index (κ2) is 7.24. The number of piperidine rings is 1. The van der Waals surface area contributed by atoms with Crippen molar-refractivity contribution in [2.24, 2.45) is 11.8 Å². The minimum atomic E-state index is 0.0164. The summed E-state index contributed by atoms with van der Waals surface area (Å²) in [6.45, 7) is 7.01. The summed E-state index contributed by atoms with van der Waals surface area (Å²) in [7, 11) is 0. The van der Waals surface area contributed by atoms with Gasteiger partial charge >= 0.3 is 0 Å². The average molecular weight is 285 g/mol. The van der Waals surface area contributed by atoms with E-state index < -0.39 is 0 Å². The van der Waals surface area contributed by atoms with E-state index in [0.717, 1.165) is 30.6 Å². The quantitative estimate of drug-likeness (QED) is 0.925. The molecule has 0 saturated carbocycles. The molecule has 0 unspecified atom stereocenters. The summed E-state index contributed by atoms with van der Waals surface area (Å²) in [5.41, 5.74) is 1.35. The van der Waals surface area contributed by atoms with Gasteiger partial charge in [0.25, 0.3) is 0 Å². The highest BCUT2D eigenvalue weighted by Crippen LogP contribution is 2.24. The fraction of sp³-hybridized carbons (Fsp3) is 0.529. The molecule has 4 heteroatoms. The van der Waals surface area contributed by atoms with Gasteiger partial charge in [-0.3, -0.25) is 9.69 Å². The summed E-state index contributed by atoms with van der Waals surface area (Å²) in [5.74, 6) is 1.55. The summed E-state index contributed by atoms with van der Waals surface area (Å²) in [6.07, 6.45) is 2.36. The van der Waals surface area contributed by atoms with Crippen molar-refractivity contribution < 1.29 is 4.79 Å². The Morgan fingerprint density at radius 3 is 2.48 bits per heavy atom. The van der Waals surface area contributed by atoms with E-state index in [1.54, 1.807) is 24.3 Å². The van der Waals surface area contributed by atoms with Gasteiger partial charge in [-0.15, -0.1) is 0 Å². The van der Waals surface area contributed by atoms with Crippen molar-refractivity contribution in [3.8, 4) is 6.07 Å². The molecule has 1 aliphatic rings. The molecule has 0 atom stereocenters. The van der Waals surface area contributed by atoms with Crippen LogP contribution in [-0.4, -0.2) is 30.4 Å². The maximum absolute atomic E-state index is 12.0. The standard InChI is InChI=1S/C17H23N3O/c1-13(2)15-7-9-20(10-8-15)12-17(21)19-16-5-3-14(11-18)4-6-16/h3-6,13,15H,7-10,12H2,1-2H3,(H,19,21). The molecule has 0 bridgehead atoms. The molecular formula is C17H23N3O. The lowest BCUT2D eigenvalue weighted by atomic mass is 9.87. The van der Waals surface area contributed by atoms with Gasteiger partial charge in [-0.05, 0) is 62.0 Å². The van der Waals surface area contributed by atoms with Crippen molar-refractivity contribution >= 4 is 11.6 Å². The molecule has 1 aromatic carbocycles. The Kier molecular flexibility index (Phi) is 5.35. The highest BCUT2D eigenvalue weighted by atomic mass is 16.2. The van der Waals surface area contributed by atoms with Gasteiger partial charge in [-0.1, -0.05) is 13.8 Å². The molecule has 1 saturated heterocycles. The van der Waals surface area contributed by atoms with E-state index in [2.05, 4.69) is 30.1 Å². The molecule has 4 nitrogen and oxygen atoms in total. The Bertz CT molecular complexity index is 508.